The van der Waals surface area contributed by atoms with Crippen LogP contribution in [0, 0.1) is 5.92 Å². The largest absolute Gasteiger partial charge is 0.352 e. The summed E-state index contributed by atoms with van der Waals surface area (Å²) < 4.78 is 0. The Morgan fingerprint density at radius 3 is 2.92 bits per heavy atom. The molecule has 7 heteroatoms. The number of rotatable bonds is 6. The summed E-state index contributed by atoms with van der Waals surface area (Å²) in [6, 6.07) is 3.86. The lowest BCUT2D eigenvalue weighted by molar-refractivity contribution is -0.125. The third-order valence-electron chi connectivity index (χ3n) is 4.25. The first-order valence-electron chi connectivity index (χ1n) is 8.50. The van der Waals surface area contributed by atoms with E-state index in [1.807, 2.05) is 12.1 Å². The molecule has 128 valence electrons. The Bertz CT molecular complexity index is 652. The van der Waals surface area contributed by atoms with Crippen LogP contribution in [0.4, 0.5) is 5.13 Å². The third kappa shape index (κ3) is 4.29. The van der Waals surface area contributed by atoms with Crippen molar-refractivity contribution in [1.82, 2.24) is 20.5 Å². The summed E-state index contributed by atoms with van der Waals surface area (Å²) >= 11 is 1.68. The SMILES string of the molecule is CCCc1nnc(N2CCC(C(=O)NCc3cccnc3)CC2)s1. The van der Waals surface area contributed by atoms with Gasteiger partial charge in [0, 0.05) is 44.4 Å². The highest BCUT2D eigenvalue weighted by atomic mass is 32.1. The zero-order chi connectivity index (χ0) is 16.8. The van der Waals surface area contributed by atoms with Gasteiger partial charge >= 0.3 is 0 Å². The molecule has 24 heavy (non-hydrogen) atoms. The molecule has 2 aromatic rings. The number of amides is 1. The molecule has 1 aliphatic rings. The van der Waals surface area contributed by atoms with Crippen LogP contribution in [0.1, 0.15) is 36.8 Å². The van der Waals surface area contributed by atoms with Crippen molar-refractivity contribution in [3.8, 4) is 0 Å². The second kappa shape index (κ2) is 8.19. The van der Waals surface area contributed by atoms with Crippen LogP contribution in [0.25, 0.3) is 0 Å². The number of hydrogen-bond acceptors (Lipinski definition) is 6. The van der Waals surface area contributed by atoms with Gasteiger partial charge in [-0.2, -0.15) is 0 Å². The Morgan fingerprint density at radius 1 is 1.38 bits per heavy atom. The number of hydrogen-bond donors (Lipinski definition) is 1. The van der Waals surface area contributed by atoms with Gasteiger partial charge in [0.25, 0.3) is 0 Å². The highest BCUT2D eigenvalue weighted by molar-refractivity contribution is 7.15. The average molecular weight is 345 g/mol. The molecule has 2 aromatic heterocycles. The van der Waals surface area contributed by atoms with E-state index < -0.39 is 0 Å². The Hall–Kier alpha value is -2.02. The summed E-state index contributed by atoms with van der Waals surface area (Å²) in [5.41, 5.74) is 1.03. The molecule has 0 saturated carbocycles. The molecule has 0 atom stereocenters. The van der Waals surface area contributed by atoms with Gasteiger partial charge in [-0.25, -0.2) is 0 Å². The molecule has 0 aliphatic carbocycles. The van der Waals surface area contributed by atoms with Crippen molar-refractivity contribution in [2.24, 2.45) is 5.92 Å². The van der Waals surface area contributed by atoms with E-state index in [0.29, 0.717) is 6.54 Å². The Morgan fingerprint density at radius 2 is 2.21 bits per heavy atom. The molecule has 1 N–H and O–H groups in total. The van der Waals surface area contributed by atoms with Gasteiger partial charge in [-0.3, -0.25) is 9.78 Å². The van der Waals surface area contributed by atoms with Gasteiger partial charge in [0.2, 0.25) is 11.0 Å². The minimum atomic E-state index is 0.0842. The topological polar surface area (TPSA) is 71.0 Å². The second-order valence-corrected chi connectivity index (χ2v) is 7.11. The lowest BCUT2D eigenvalue weighted by Gasteiger charge is -2.30. The first-order chi connectivity index (χ1) is 11.8. The van der Waals surface area contributed by atoms with E-state index in [-0.39, 0.29) is 11.8 Å². The van der Waals surface area contributed by atoms with Crippen LogP contribution in [-0.4, -0.2) is 34.2 Å². The fourth-order valence-corrected chi connectivity index (χ4v) is 3.85. The summed E-state index contributed by atoms with van der Waals surface area (Å²) in [7, 11) is 0. The number of anilines is 1. The zero-order valence-corrected chi connectivity index (χ0v) is 14.8. The highest BCUT2D eigenvalue weighted by Gasteiger charge is 2.26. The fourth-order valence-electron chi connectivity index (χ4n) is 2.86. The van der Waals surface area contributed by atoms with Crippen LogP contribution < -0.4 is 10.2 Å². The van der Waals surface area contributed by atoms with E-state index in [1.54, 1.807) is 23.7 Å². The Balaban J connectivity index is 1.46. The van der Waals surface area contributed by atoms with Crippen LogP contribution in [0.5, 0.6) is 0 Å². The zero-order valence-electron chi connectivity index (χ0n) is 13.9. The second-order valence-electron chi connectivity index (χ2n) is 6.07. The number of carbonyl (C=O) groups is 1. The van der Waals surface area contributed by atoms with Gasteiger partial charge in [0.15, 0.2) is 0 Å². The first-order valence-corrected chi connectivity index (χ1v) is 9.32. The number of carbonyl (C=O) groups excluding carboxylic acids is 1. The summed E-state index contributed by atoms with van der Waals surface area (Å²) in [5, 5.41) is 13.6. The van der Waals surface area contributed by atoms with Crippen LogP contribution >= 0.6 is 11.3 Å². The molecular formula is C17H23N5OS. The molecule has 3 rings (SSSR count). The molecule has 1 fully saturated rings. The molecule has 0 unspecified atom stereocenters. The number of nitrogens with zero attached hydrogens (tertiary/aromatic N) is 4. The van der Waals surface area contributed by atoms with Gasteiger partial charge in [0.1, 0.15) is 5.01 Å². The minimum absolute atomic E-state index is 0.0842. The third-order valence-corrected chi connectivity index (χ3v) is 5.29. The van der Waals surface area contributed by atoms with Crippen molar-refractivity contribution in [3.63, 3.8) is 0 Å². The maximum absolute atomic E-state index is 12.3. The lowest BCUT2D eigenvalue weighted by Crippen LogP contribution is -2.40. The lowest BCUT2D eigenvalue weighted by atomic mass is 9.96. The number of aryl methyl sites for hydroxylation is 1. The molecule has 0 aromatic carbocycles. The number of aromatic nitrogens is 3. The maximum Gasteiger partial charge on any atom is 0.223 e. The molecule has 1 amide bonds. The molecule has 0 radical (unpaired) electrons. The van der Waals surface area contributed by atoms with E-state index in [0.717, 1.165) is 54.5 Å². The van der Waals surface area contributed by atoms with Crippen molar-refractivity contribution >= 4 is 22.4 Å². The van der Waals surface area contributed by atoms with Crippen LogP contribution in [0.3, 0.4) is 0 Å². The standard InChI is InChI=1S/C17H23N5OS/c1-2-4-15-20-21-17(24-15)22-9-6-14(7-10-22)16(23)19-12-13-5-3-8-18-11-13/h3,5,8,11,14H,2,4,6-7,9-10,12H2,1H3,(H,19,23). The van der Waals surface area contributed by atoms with Crippen LogP contribution in [0.15, 0.2) is 24.5 Å². The van der Waals surface area contributed by atoms with Crippen molar-refractivity contribution in [1.29, 1.82) is 0 Å². The van der Waals surface area contributed by atoms with E-state index in [9.17, 15) is 4.79 Å². The molecule has 3 heterocycles. The fraction of sp³-hybridized carbons (Fsp3) is 0.529. The average Bonchev–Trinajstić information content (AvgIpc) is 3.10. The molecule has 1 aliphatic heterocycles. The summed E-state index contributed by atoms with van der Waals surface area (Å²) in [5.74, 6) is 0.225. The Kier molecular flexibility index (Phi) is 5.74. The van der Waals surface area contributed by atoms with E-state index in [1.165, 1.54) is 0 Å². The van der Waals surface area contributed by atoms with Crippen LogP contribution in [0.2, 0.25) is 0 Å². The van der Waals surface area contributed by atoms with Crippen molar-refractivity contribution in [2.45, 2.75) is 39.2 Å². The number of nitrogens with one attached hydrogen (secondary N) is 1. The van der Waals surface area contributed by atoms with Crippen molar-refractivity contribution in [3.05, 3.63) is 35.1 Å². The maximum atomic E-state index is 12.3. The van der Waals surface area contributed by atoms with Crippen LogP contribution in [-0.2, 0) is 17.8 Å². The summed E-state index contributed by atoms with van der Waals surface area (Å²) in [6.07, 6.45) is 7.33. The molecule has 0 bridgehead atoms. The molecule has 6 nitrogen and oxygen atoms in total. The van der Waals surface area contributed by atoms with E-state index in [4.69, 9.17) is 0 Å². The smallest absolute Gasteiger partial charge is 0.223 e. The van der Waals surface area contributed by atoms with Gasteiger partial charge in [0.05, 0.1) is 0 Å². The Labute approximate surface area is 146 Å². The molecule has 1 saturated heterocycles. The van der Waals surface area contributed by atoms with Gasteiger partial charge in [-0.15, -0.1) is 10.2 Å². The van der Waals surface area contributed by atoms with Gasteiger partial charge in [-0.1, -0.05) is 24.3 Å². The van der Waals surface area contributed by atoms with Gasteiger partial charge in [-0.05, 0) is 30.9 Å². The predicted octanol–water partition coefficient (Wildman–Crippen LogP) is 2.42. The number of pyridine rings is 1. The molecule has 0 spiro atoms. The van der Waals surface area contributed by atoms with E-state index in [2.05, 4.69) is 32.3 Å². The quantitative estimate of drug-likeness (QED) is 0.870. The monoisotopic (exact) mass is 345 g/mol. The summed E-state index contributed by atoms with van der Waals surface area (Å²) in [6.45, 7) is 4.43. The molecular weight excluding hydrogens is 322 g/mol. The highest BCUT2D eigenvalue weighted by Crippen LogP contribution is 2.26. The first kappa shape index (κ1) is 16.8. The van der Waals surface area contributed by atoms with Crippen molar-refractivity contribution < 1.29 is 4.79 Å². The van der Waals surface area contributed by atoms with E-state index >= 15 is 0 Å². The van der Waals surface area contributed by atoms with Gasteiger partial charge < -0.3 is 10.2 Å². The normalized spacial score (nSPS) is 15.5. The minimum Gasteiger partial charge on any atom is -0.352 e. The van der Waals surface area contributed by atoms with Crippen molar-refractivity contribution in [2.75, 3.05) is 18.0 Å². The predicted molar refractivity (Wildman–Crippen MR) is 94.9 cm³/mol. The number of piperidine rings is 1. The summed E-state index contributed by atoms with van der Waals surface area (Å²) in [4.78, 5) is 18.6.